The van der Waals surface area contributed by atoms with E-state index in [2.05, 4.69) is 20.7 Å². The molecule has 0 aromatic heterocycles. The molecule has 3 nitrogen and oxygen atoms in total. The van der Waals surface area contributed by atoms with Crippen molar-refractivity contribution in [2.45, 2.75) is 47.9 Å². The first-order chi connectivity index (χ1) is 8.59. The van der Waals surface area contributed by atoms with Gasteiger partial charge in [0.2, 0.25) is 10.0 Å². The monoisotopic (exact) mass is 331 g/mol. The van der Waals surface area contributed by atoms with E-state index in [0.717, 1.165) is 19.3 Å². The van der Waals surface area contributed by atoms with Gasteiger partial charge in [-0.2, -0.15) is 0 Å². The molecule has 0 aliphatic heterocycles. The van der Waals surface area contributed by atoms with Crippen LogP contribution in [0.3, 0.4) is 0 Å². The van der Waals surface area contributed by atoms with Gasteiger partial charge >= 0.3 is 0 Å². The summed E-state index contributed by atoms with van der Waals surface area (Å²) < 4.78 is 27.3. The van der Waals surface area contributed by atoms with Crippen LogP contribution >= 0.6 is 15.9 Å². The molecule has 0 heterocycles. The van der Waals surface area contributed by atoms with Crippen molar-refractivity contribution in [2.24, 2.45) is 0 Å². The second kappa shape index (κ2) is 6.17. The van der Waals surface area contributed by atoms with E-state index in [1.165, 1.54) is 12.8 Å². The van der Waals surface area contributed by atoms with Gasteiger partial charge in [-0.1, -0.05) is 53.4 Å². The number of benzene rings is 1. The highest BCUT2D eigenvalue weighted by atomic mass is 79.9. The molecule has 1 aromatic carbocycles. The number of hydrogen-bond acceptors (Lipinski definition) is 2. The molecular formula is C13H18BrNO2S. The highest BCUT2D eigenvalue weighted by Crippen LogP contribution is 2.25. The molecule has 1 aliphatic carbocycles. The minimum absolute atomic E-state index is 0.00212. The van der Waals surface area contributed by atoms with E-state index in [-0.39, 0.29) is 10.9 Å². The Morgan fingerprint density at radius 2 is 1.72 bits per heavy atom. The number of hydrogen-bond donors (Lipinski definition) is 1. The van der Waals surface area contributed by atoms with Crippen LogP contribution in [0.5, 0.6) is 0 Å². The van der Waals surface area contributed by atoms with Crippen molar-refractivity contribution in [1.82, 2.24) is 4.72 Å². The SMILES string of the molecule is O=S(=O)(NC1CCCCCC1Br)c1ccccc1. The van der Waals surface area contributed by atoms with Crippen LogP contribution in [0.15, 0.2) is 35.2 Å². The minimum atomic E-state index is -3.39. The molecule has 2 unspecified atom stereocenters. The summed E-state index contributed by atoms with van der Waals surface area (Å²) in [7, 11) is -3.39. The van der Waals surface area contributed by atoms with E-state index in [1.54, 1.807) is 24.3 Å². The average Bonchev–Trinajstić information content (AvgIpc) is 2.56. The van der Waals surface area contributed by atoms with Gasteiger partial charge in [0, 0.05) is 10.9 Å². The van der Waals surface area contributed by atoms with Gasteiger partial charge in [-0.05, 0) is 25.0 Å². The predicted octanol–water partition coefficient (Wildman–Crippen LogP) is 3.06. The number of halogens is 1. The Bertz CT molecular complexity index is 475. The lowest BCUT2D eigenvalue weighted by molar-refractivity contribution is 0.521. The Kier molecular flexibility index (Phi) is 4.81. The molecule has 0 bridgehead atoms. The predicted molar refractivity (Wildman–Crippen MR) is 76.4 cm³/mol. The van der Waals surface area contributed by atoms with Crippen LogP contribution in [-0.2, 0) is 10.0 Å². The summed E-state index contributed by atoms with van der Waals surface area (Å²) >= 11 is 3.60. The quantitative estimate of drug-likeness (QED) is 0.683. The van der Waals surface area contributed by atoms with Crippen molar-refractivity contribution >= 4 is 26.0 Å². The van der Waals surface area contributed by atoms with E-state index in [9.17, 15) is 8.42 Å². The maximum Gasteiger partial charge on any atom is 0.240 e. The largest absolute Gasteiger partial charge is 0.240 e. The first-order valence-electron chi connectivity index (χ1n) is 6.31. The molecule has 1 N–H and O–H groups in total. The van der Waals surface area contributed by atoms with Crippen LogP contribution in [-0.4, -0.2) is 19.3 Å². The third kappa shape index (κ3) is 3.56. The highest BCUT2D eigenvalue weighted by Gasteiger charge is 2.26. The standard InChI is InChI=1S/C13H18BrNO2S/c14-12-9-5-2-6-10-13(12)15-18(16,17)11-7-3-1-4-8-11/h1,3-4,7-8,12-13,15H,2,5-6,9-10H2. The Hall–Kier alpha value is -0.390. The molecule has 2 rings (SSSR count). The lowest BCUT2D eigenvalue weighted by atomic mass is 10.1. The maximum atomic E-state index is 12.2. The summed E-state index contributed by atoms with van der Waals surface area (Å²) in [5.74, 6) is 0. The van der Waals surface area contributed by atoms with Crippen molar-refractivity contribution in [3.05, 3.63) is 30.3 Å². The first kappa shape index (κ1) is 14.0. The fourth-order valence-corrected chi connectivity index (χ4v) is 4.49. The zero-order valence-corrected chi connectivity index (χ0v) is 12.6. The van der Waals surface area contributed by atoms with E-state index in [4.69, 9.17) is 0 Å². The van der Waals surface area contributed by atoms with Gasteiger partial charge < -0.3 is 0 Å². The highest BCUT2D eigenvalue weighted by molar-refractivity contribution is 9.09. The zero-order chi connectivity index (χ0) is 13.0. The van der Waals surface area contributed by atoms with Crippen molar-refractivity contribution in [2.75, 3.05) is 0 Å². The number of nitrogens with one attached hydrogen (secondary N) is 1. The molecule has 1 saturated carbocycles. The van der Waals surface area contributed by atoms with E-state index in [0.29, 0.717) is 4.90 Å². The van der Waals surface area contributed by atoms with E-state index < -0.39 is 10.0 Å². The summed E-state index contributed by atoms with van der Waals surface area (Å²) in [5, 5.41) is 0. The van der Waals surface area contributed by atoms with Gasteiger partial charge in [-0.3, -0.25) is 0 Å². The third-order valence-corrected chi connectivity index (χ3v) is 5.89. The topological polar surface area (TPSA) is 46.2 Å². The molecule has 0 amide bonds. The molecule has 1 aliphatic rings. The lowest BCUT2D eigenvalue weighted by Crippen LogP contribution is -2.40. The first-order valence-corrected chi connectivity index (χ1v) is 8.71. The number of alkyl halides is 1. The van der Waals surface area contributed by atoms with Crippen LogP contribution in [0.2, 0.25) is 0 Å². The fraction of sp³-hybridized carbons (Fsp3) is 0.538. The van der Waals surface area contributed by atoms with Gasteiger partial charge in [-0.25, -0.2) is 13.1 Å². The summed E-state index contributed by atoms with van der Waals surface area (Å²) in [6.07, 6.45) is 5.37. The Balaban J connectivity index is 2.12. The van der Waals surface area contributed by atoms with Crippen LogP contribution in [0.1, 0.15) is 32.1 Å². The fourth-order valence-electron chi connectivity index (χ4n) is 2.26. The van der Waals surface area contributed by atoms with Crippen molar-refractivity contribution in [1.29, 1.82) is 0 Å². The lowest BCUT2D eigenvalue weighted by Gasteiger charge is -2.21. The smallest absolute Gasteiger partial charge is 0.207 e. The minimum Gasteiger partial charge on any atom is -0.207 e. The Morgan fingerprint density at radius 1 is 1.06 bits per heavy atom. The second-order valence-electron chi connectivity index (χ2n) is 4.69. The summed E-state index contributed by atoms with van der Waals surface area (Å²) in [6.45, 7) is 0. The molecule has 2 atom stereocenters. The van der Waals surface area contributed by atoms with Gasteiger partial charge in [0.05, 0.1) is 4.90 Å². The molecular weight excluding hydrogens is 314 g/mol. The molecule has 0 spiro atoms. The molecule has 5 heteroatoms. The van der Waals surface area contributed by atoms with E-state index >= 15 is 0 Å². The summed E-state index contributed by atoms with van der Waals surface area (Å²) in [6, 6.07) is 8.56. The van der Waals surface area contributed by atoms with Gasteiger partial charge in [-0.15, -0.1) is 0 Å². The van der Waals surface area contributed by atoms with Crippen molar-refractivity contribution in [3.8, 4) is 0 Å². The molecule has 0 saturated heterocycles. The Labute approximate surface area is 117 Å². The maximum absolute atomic E-state index is 12.2. The number of sulfonamides is 1. The second-order valence-corrected chi connectivity index (χ2v) is 7.58. The van der Waals surface area contributed by atoms with Gasteiger partial charge in [0.1, 0.15) is 0 Å². The molecule has 1 aromatic rings. The van der Waals surface area contributed by atoms with Crippen LogP contribution in [0, 0.1) is 0 Å². The van der Waals surface area contributed by atoms with E-state index in [1.807, 2.05) is 6.07 Å². The zero-order valence-electron chi connectivity index (χ0n) is 10.2. The Morgan fingerprint density at radius 3 is 2.44 bits per heavy atom. The third-order valence-electron chi connectivity index (χ3n) is 3.29. The normalized spacial score (nSPS) is 25.6. The molecule has 1 fully saturated rings. The molecule has 0 radical (unpaired) electrons. The molecule has 18 heavy (non-hydrogen) atoms. The average molecular weight is 332 g/mol. The summed E-state index contributed by atoms with van der Waals surface area (Å²) in [5.41, 5.74) is 0. The van der Waals surface area contributed by atoms with Gasteiger partial charge in [0.25, 0.3) is 0 Å². The summed E-state index contributed by atoms with van der Waals surface area (Å²) in [4.78, 5) is 0.576. The van der Waals surface area contributed by atoms with Crippen molar-refractivity contribution in [3.63, 3.8) is 0 Å². The van der Waals surface area contributed by atoms with Crippen LogP contribution in [0.25, 0.3) is 0 Å². The molecule has 100 valence electrons. The van der Waals surface area contributed by atoms with Gasteiger partial charge in [0.15, 0.2) is 0 Å². The van der Waals surface area contributed by atoms with Crippen LogP contribution < -0.4 is 4.72 Å². The van der Waals surface area contributed by atoms with Crippen molar-refractivity contribution < 1.29 is 8.42 Å². The number of rotatable bonds is 3. The van der Waals surface area contributed by atoms with Crippen LogP contribution in [0.4, 0.5) is 0 Å².